The van der Waals surface area contributed by atoms with E-state index in [0.29, 0.717) is 0 Å². The van der Waals surface area contributed by atoms with Gasteiger partial charge in [-0.3, -0.25) is 0 Å². The van der Waals surface area contributed by atoms with Crippen LogP contribution in [0.2, 0.25) is 0 Å². The second kappa shape index (κ2) is 12.8. The maximum Gasteiger partial charge on any atom is 0.0912 e. The highest BCUT2D eigenvalue weighted by molar-refractivity contribution is 5.26. The molecule has 1 heteroatoms. The fourth-order valence-electron chi connectivity index (χ4n) is 5.81. The lowest BCUT2D eigenvalue weighted by Crippen LogP contribution is -2.25. The van der Waals surface area contributed by atoms with Crippen LogP contribution in [0.1, 0.15) is 101 Å². The van der Waals surface area contributed by atoms with Crippen molar-refractivity contribution in [1.82, 2.24) is 0 Å². The number of rotatable bonds is 9. The molecule has 0 spiro atoms. The summed E-state index contributed by atoms with van der Waals surface area (Å²) in [6.07, 6.45) is 25.4. The molecule has 0 aromatic heterocycles. The first-order valence-corrected chi connectivity index (χ1v) is 12.6. The first-order valence-electron chi connectivity index (χ1n) is 12.6. The summed E-state index contributed by atoms with van der Waals surface area (Å²) in [5.74, 6) is 3.71. The van der Waals surface area contributed by atoms with Crippen molar-refractivity contribution in [1.29, 1.82) is 5.26 Å². The van der Waals surface area contributed by atoms with Gasteiger partial charge >= 0.3 is 0 Å². The third-order valence-corrected chi connectivity index (χ3v) is 7.76. The summed E-state index contributed by atoms with van der Waals surface area (Å²) >= 11 is 0. The number of hydrogen-bond donors (Lipinski definition) is 0. The monoisotopic (exact) mass is 403 g/mol. The molecule has 0 N–H and O–H groups in total. The van der Waals surface area contributed by atoms with Crippen molar-refractivity contribution in [3.63, 3.8) is 0 Å². The van der Waals surface area contributed by atoms with Gasteiger partial charge in [0.25, 0.3) is 0 Å². The maximum absolute atomic E-state index is 8.50. The molecule has 30 heavy (non-hydrogen) atoms. The van der Waals surface area contributed by atoms with Crippen molar-refractivity contribution in [2.75, 3.05) is 0 Å². The Labute approximate surface area is 185 Å². The van der Waals surface area contributed by atoms with Gasteiger partial charge in [0.2, 0.25) is 0 Å². The minimum atomic E-state index is 0.805. The molecule has 0 radical (unpaired) electrons. The summed E-state index contributed by atoms with van der Waals surface area (Å²) < 4.78 is 0. The van der Waals surface area contributed by atoms with E-state index in [9.17, 15) is 0 Å². The topological polar surface area (TPSA) is 23.8 Å². The Morgan fingerprint density at radius 1 is 0.900 bits per heavy atom. The lowest BCUT2D eigenvalue weighted by molar-refractivity contribution is 0.157. The molecule has 1 aromatic carbocycles. The average molecular weight is 404 g/mol. The number of nitriles is 1. The Kier molecular flexibility index (Phi) is 9.75. The van der Waals surface area contributed by atoms with E-state index in [1.54, 1.807) is 11.6 Å². The standard InChI is InChI=1S/C29H41N/c1-2-3-9-24-11-15-26(16-12-24)28-19-21-29(22-20-28)27-17-13-25(14-18-27)10-7-5-4-6-8-23-30/h4-6,8,11-12,15-16,25,27-29H,2-3,7,9-10,13-14,17-22H2,1H3/b5-4+,8-6+. The van der Waals surface area contributed by atoms with E-state index >= 15 is 0 Å². The van der Waals surface area contributed by atoms with E-state index < -0.39 is 0 Å². The van der Waals surface area contributed by atoms with Crippen molar-refractivity contribution < 1.29 is 0 Å². The van der Waals surface area contributed by atoms with Crippen LogP contribution < -0.4 is 0 Å². The highest BCUT2D eigenvalue weighted by atomic mass is 14.4. The summed E-state index contributed by atoms with van der Waals surface area (Å²) in [5.41, 5.74) is 3.11. The van der Waals surface area contributed by atoms with E-state index in [0.717, 1.165) is 30.1 Å². The van der Waals surface area contributed by atoms with Gasteiger partial charge < -0.3 is 0 Å². The molecule has 0 saturated heterocycles. The van der Waals surface area contributed by atoms with E-state index in [1.807, 2.05) is 18.2 Å². The smallest absolute Gasteiger partial charge is 0.0912 e. The molecular formula is C29H41N. The first kappa shape index (κ1) is 22.9. The van der Waals surface area contributed by atoms with Gasteiger partial charge in [-0.05, 0) is 99.0 Å². The quantitative estimate of drug-likeness (QED) is 0.299. The highest BCUT2D eigenvalue weighted by Crippen LogP contribution is 2.44. The summed E-state index contributed by atoms with van der Waals surface area (Å²) in [7, 11) is 0. The predicted octanol–water partition coefficient (Wildman–Crippen LogP) is 8.53. The molecule has 1 aromatic rings. The maximum atomic E-state index is 8.50. The third-order valence-electron chi connectivity index (χ3n) is 7.76. The van der Waals surface area contributed by atoms with Gasteiger partial charge in [0.05, 0.1) is 6.07 Å². The number of benzene rings is 1. The number of nitrogens with zero attached hydrogens (tertiary/aromatic N) is 1. The number of allylic oxidation sites excluding steroid dienone is 4. The van der Waals surface area contributed by atoms with Crippen LogP contribution >= 0.6 is 0 Å². The second-order valence-corrected chi connectivity index (χ2v) is 9.73. The fraction of sp³-hybridized carbons (Fsp3) is 0.621. The molecule has 0 amide bonds. The number of unbranched alkanes of at least 4 members (excludes halogenated alkanes) is 1. The van der Waals surface area contributed by atoms with Gasteiger partial charge in [-0.25, -0.2) is 0 Å². The molecule has 2 aliphatic rings. The van der Waals surface area contributed by atoms with Gasteiger partial charge in [0, 0.05) is 6.08 Å². The van der Waals surface area contributed by atoms with Gasteiger partial charge in [0.15, 0.2) is 0 Å². The SMILES string of the molecule is CCCCc1ccc(C2CCC(C3CCC(CC/C=C/C=C/C#N)CC3)CC2)cc1. The molecule has 2 aliphatic carbocycles. The first-order chi connectivity index (χ1) is 14.8. The molecule has 0 heterocycles. The largest absolute Gasteiger partial charge is 0.193 e. The zero-order chi connectivity index (χ0) is 21.0. The number of aryl methyl sites for hydroxylation is 1. The van der Waals surface area contributed by atoms with Crippen LogP contribution in [0, 0.1) is 29.1 Å². The zero-order valence-electron chi connectivity index (χ0n) is 19.1. The second-order valence-electron chi connectivity index (χ2n) is 9.73. The predicted molar refractivity (Wildman–Crippen MR) is 128 cm³/mol. The molecule has 0 atom stereocenters. The van der Waals surface area contributed by atoms with Crippen LogP contribution in [0.3, 0.4) is 0 Å². The number of hydrogen-bond acceptors (Lipinski definition) is 1. The zero-order valence-corrected chi connectivity index (χ0v) is 19.1. The van der Waals surface area contributed by atoms with Gasteiger partial charge in [0.1, 0.15) is 0 Å². The molecule has 2 fully saturated rings. The normalized spacial score (nSPS) is 27.5. The van der Waals surface area contributed by atoms with Crippen molar-refractivity contribution in [3.8, 4) is 6.07 Å². The molecule has 0 bridgehead atoms. The van der Waals surface area contributed by atoms with E-state index in [-0.39, 0.29) is 0 Å². The van der Waals surface area contributed by atoms with Crippen LogP contribution in [-0.2, 0) is 6.42 Å². The van der Waals surface area contributed by atoms with E-state index in [4.69, 9.17) is 5.26 Å². The van der Waals surface area contributed by atoms with Crippen molar-refractivity contribution in [3.05, 3.63) is 59.7 Å². The lowest BCUT2D eigenvalue weighted by atomic mass is 9.68. The summed E-state index contributed by atoms with van der Waals surface area (Å²) in [6, 6.07) is 11.6. The van der Waals surface area contributed by atoms with Gasteiger partial charge in [-0.2, -0.15) is 5.26 Å². The molecule has 2 saturated carbocycles. The van der Waals surface area contributed by atoms with Crippen LogP contribution in [0.15, 0.2) is 48.6 Å². The Morgan fingerprint density at radius 2 is 1.57 bits per heavy atom. The average Bonchev–Trinajstić information content (AvgIpc) is 2.81. The summed E-state index contributed by atoms with van der Waals surface area (Å²) in [6.45, 7) is 2.27. The fourth-order valence-corrected chi connectivity index (χ4v) is 5.81. The van der Waals surface area contributed by atoms with Crippen LogP contribution in [0.4, 0.5) is 0 Å². The third kappa shape index (κ3) is 7.16. The Balaban J connectivity index is 1.35. The molecule has 0 aliphatic heterocycles. The minimum absolute atomic E-state index is 0.805. The van der Waals surface area contributed by atoms with Gasteiger partial charge in [-0.15, -0.1) is 0 Å². The van der Waals surface area contributed by atoms with E-state index in [2.05, 4.69) is 37.3 Å². The molecule has 3 rings (SSSR count). The summed E-state index contributed by atoms with van der Waals surface area (Å²) in [5, 5.41) is 8.50. The molecule has 1 nitrogen and oxygen atoms in total. The Morgan fingerprint density at radius 3 is 2.20 bits per heavy atom. The molecular weight excluding hydrogens is 362 g/mol. The van der Waals surface area contributed by atoms with Crippen molar-refractivity contribution in [2.24, 2.45) is 17.8 Å². The summed E-state index contributed by atoms with van der Waals surface area (Å²) in [4.78, 5) is 0. The molecule has 162 valence electrons. The van der Waals surface area contributed by atoms with Crippen LogP contribution in [0.5, 0.6) is 0 Å². The van der Waals surface area contributed by atoms with Gasteiger partial charge in [-0.1, -0.05) is 68.7 Å². The Hall–Kier alpha value is -1.81. The van der Waals surface area contributed by atoms with E-state index in [1.165, 1.54) is 82.6 Å². The molecule has 0 unspecified atom stereocenters. The van der Waals surface area contributed by atoms with Crippen LogP contribution in [0.25, 0.3) is 0 Å². The minimum Gasteiger partial charge on any atom is -0.193 e. The highest BCUT2D eigenvalue weighted by Gasteiger charge is 2.31. The Bertz CT molecular complexity index is 689. The van der Waals surface area contributed by atoms with Crippen molar-refractivity contribution in [2.45, 2.75) is 96.3 Å². The van der Waals surface area contributed by atoms with Crippen LogP contribution in [-0.4, -0.2) is 0 Å². The van der Waals surface area contributed by atoms with Crippen molar-refractivity contribution >= 4 is 0 Å². The lowest BCUT2D eigenvalue weighted by Gasteiger charge is -2.38.